The molecule has 0 aromatic heterocycles. The average molecular weight is 284 g/mol. The van der Waals surface area contributed by atoms with E-state index in [1.807, 2.05) is 0 Å². The Morgan fingerprint density at radius 2 is 1.80 bits per heavy atom. The van der Waals surface area contributed by atoms with E-state index < -0.39 is 0 Å². The Morgan fingerprint density at radius 3 is 2.30 bits per heavy atom. The van der Waals surface area contributed by atoms with Crippen molar-refractivity contribution in [2.75, 3.05) is 33.7 Å². The Balaban J connectivity index is 2.47. The van der Waals surface area contributed by atoms with Gasteiger partial charge in [0, 0.05) is 31.2 Å². The maximum Gasteiger partial charge on any atom is 0.0304 e. The molecule has 3 atom stereocenters. The fourth-order valence-electron chi connectivity index (χ4n) is 3.56. The van der Waals surface area contributed by atoms with Crippen LogP contribution < -0.4 is 5.73 Å². The summed E-state index contributed by atoms with van der Waals surface area (Å²) in [6, 6.07) is 0.681. The largest absolute Gasteiger partial charge is 0.329 e. The van der Waals surface area contributed by atoms with Gasteiger partial charge in [-0.3, -0.25) is 4.90 Å². The standard InChI is InChI=1S/C17H37N3/c1-6-7-8-9-10-11-17(3,14-18)20-12-15(2)16(13-20)19(4)5/h15-16H,6-14,18H2,1-5H3. The van der Waals surface area contributed by atoms with Crippen molar-refractivity contribution in [3.63, 3.8) is 0 Å². The molecule has 3 heteroatoms. The van der Waals surface area contributed by atoms with Crippen molar-refractivity contribution in [2.24, 2.45) is 11.7 Å². The Hall–Kier alpha value is -0.120. The van der Waals surface area contributed by atoms with Gasteiger partial charge in [-0.1, -0.05) is 46.0 Å². The zero-order valence-corrected chi connectivity index (χ0v) is 14.5. The van der Waals surface area contributed by atoms with E-state index in [0.717, 1.165) is 12.5 Å². The SMILES string of the molecule is CCCCCCCC(C)(CN)N1CC(C)C(N(C)C)C1. The van der Waals surface area contributed by atoms with Crippen LogP contribution in [0.3, 0.4) is 0 Å². The van der Waals surface area contributed by atoms with Crippen molar-refractivity contribution in [1.29, 1.82) is 0 Å². The molecule has 3 nitrogen and oxygen atoms in total. The highest BCUT2D eigenvalue weighted by atomic mass is 15.3. The molecule has 0 saturated carbocycles. The van der Waals surface area contributed by atoms with Crippen LogP contribution in [0.4, 0.5) is 0 Å². The van der Waals surface area contributed by atoms with Gasteiger partial charge in [-0.25, -0.2) is 0 Å². The van der Waals surface area contributed by atoms with E-state index in [4.69, 9.17) is 5.73 Å². The molecule has 1 rings (SSSR count). The minimum atomic E-state index is 0.200. The molecular formula is C17H37N3. The number of nitrogens with zero attached hydrogens (tertiary/aromatic N) is 2. The lowest BCUT2D eigenvalue weighted by Crippen LogP contribution is -2.51. The van der Waals surface area contributed by atoms with Crippen LogP contribution in [0.1, 0.15) is 59.3 Å². The summed E-state index contributed by atoms with van der Waals surface area (Å²) in [5.74, 6) is 0.746. The number of hydrogen-bond acceptors (Lipinski definition) is 3. The first kappa shape index (κ1) is 17.9. The zero-order valence-electron chi connectivity index (χ0n) is 14.5. The molecule has 0 spiro atoms. The highest BCUT2D eigenvalue weighted by Gasteiger charge is 2.39. The first-order valence-electron chi connectivity index (χ1n) is 8.56. The van der Waals surface area contributed by atoms with E-state index in [9.17, 15) is 0 Å². The van der Waals surface area contributed by atoms with Crippen molar-refractivity contribution >= 4 is 0 Å². The molecule has 2 N–H and O–H groups in total. The van der Waals surface area contributed by atoms with Crippen molar-refractivity contribution in [3.8, 4) is 0 Å². The highest BCUT2D eigenvalue weighted by molar-refractivity contribution is 4.96. The summed E-state index contributed by atoms with van der Waals surface area (Å²) in [7, 11) is 4.41. The predicted molar refractivity (Wildman–Crippen MR) is 89.0 cm³/mol. The molecule has 1 heterocycles. The summed E-state index contributed by atoms with van der Waals surface area (Å²) in [6.45, 7) is 10.2. The van der Waals surface area contributed by atoms with Crippen LogP contribution in [0.15, 0.2) is 0 Å². The van der Waals surface area contributed by atoms with E-state index in [-0.39, 0.29) is 5.54 Å². The smallest absolute Gasteiger partial charge is 0.0304 e. The summed E-state index contributed by atoms with van der Waals surface area (Å²) in [5.41, 5.74) is 6.34. The molecule has 0 amide bonds. The van der Waals surface area contributed by atoms with Gasteiger partial charge in [-0.2, -0.15) is 0 Å². The molecule has 120 valence electrons. The summed E-state index contributed by atoms with van der Waals surface area (Å²) < 4.78 is 0. The fourth-order valence-corrected chi connectivity index (χ4v) is 3.56. The van der Waals surface area contributed by atoms with Gasteiger partial charge in [0.25, 0.3) is 0 Å². The molecule has 1 saturated heterocycles. The normalized spacial score (nSPS) is 27.1. The fraction of sp³-hybridized carbons (Fsp3) is 1.00. The Bertz CT molecular complexity index is 267. The molecule has 0 radical (unpaired) electrons. The molecule has 1 fully saturated rings. The Labute approximate surface area is 126 Å². The first-order valence-corrected chi connectivity index (χ1v) is 8.56. The molecule has 3 unspecified atom stereocenters. The lowest BCUT2D eigenvalue weighted by atomic mass is 9.92. The lowest BCUT2D eigenvalue weighted by molar-refractivity contribution is 0.118. The Morgan fingerprint density at radius 1 is 1.15 bits per heavy atom. The van der Waals surface area contributed by atoms with E-state index in [2.05, 4.69) is 44.7 Å². The zero-order chi connectivity index (χ0) is 15.2. The van der Waals surface area contributed by atoms with Crippen LogP contribution in [0.25, 0.3) is 0 Å². The lowest BCUT2D eigenvalue weighted by Gasteiger charge is -2.38. The van der Waals surface area contributed by atoms with Crippen LogP contribution in [0.5, 0.6) is 0 Å². The van der Waals surface area contributed by atoms with Crippen LogP contribution in [0.2, 0.25) is 0 Å². The third-order valence-corrected chi connectivity index (χ3v) is 5.26. The first-order chi connectivity index (χ1) is 9.44. The third-order valence-electron chi connectivity index (χ3n) is 5.26. The molecule has 20 heavy (non-hydrogen) atoms. The topological polar surface area (TPSA) is 32.5 Å². The molecule has 0 aromatic rings. The average Bonchev–Trinajstić information content (AvgIpc) is 2.81. The van der Waals surface area contributed by atoms with Crippen molar-refractivity contribution in [1.82, 2.24) is 9.80 Å². The summed E-state index contributed by atoms with van der Waals surface area (Å²) in [4.78, 5) is 5.03. The van der Waals surface area contributed by atoms with Gasteiger partial charge >= 0.3 is 0 Å². The van der Waals surface area contributed by atoms with E-state index in [0.29, 0.717) is 6.04 Å². The van der Waals surface area contributed by atoms with E-state index in [1.165, 1.54) is 51.6 Å². The van der Waals surface area contributed by atoms with Crippen LogP contribution in [0, 0.1) is 5.92 Å². The van der Waals surface area contributed by atoms with E-state index >= 15 is 0 Å². The third kappa shape index (κ3) is 4.71. The van der Waals surface area contributed by atoms with Crippen LogP contribution in [-0.2, 0) is 0 Å². The van der Waals surface area contributed by atoms with Gasteiger partial charge in [-0.05, 0) is 33.4 Å². The van der Waals surface area contributed by atoms with Crippen molar-refractivity contribution in [2.45, 2.75) is 70.9 Å². The van der Waals surface area contributed by atoms with E-state index in [1.54, 1.807) is 0 Å². The second kappa shape index (κ2) is 8.35. The molecule has 0 aromatic carbocycles. The number of unbranched alkanes of at least 4 members (excludes halogenated alkanes) is 4. The number of hydrogen-bond donors (Lipinski definition) is 1. The number of likely N-dealkylation sites (tertiary alicyclic amines) is 1. The number of likely N-dealkylation sites (N-methyl/N-ethyl adjacent to an activating group) is 1. The van der Waals surface area contributed by atoms with Gasteiger partial charge < -0.3 is 10.6 Å². The van der Waals surface area contributed by atoms with Gasteiger partial charge in [0.1, 0.15) is 0 Å². The van der Waals surface area contributed by atoms with Gasteiger partial charge in [-0.15, -0.1) is 0 Å². The Kier molecular flexibility index (Phi) is 7.49. The van der Waals surface area contributed by atoms with Crippen molar-refractivity contribution in [3.05, 3.63) is 0 Å². The summed E-state index contributed by atoms with van der Waals surface area (Å²) in [6.07, 6.45) is 8.02. The second-order valence-corrected chi connectivity index (χ2v) is 7.28. The minimum Gasteiger partial charge on any atom is -0.329 e. The van der Waals surface area contributed by atoms with Crippen LogP contribution in [-0.4, -0.2) is 55.1 Å². The molecular weight excluding hydrogens is 246 g/mol. The van der Waals surface area contributed by atoms with Gasteiger partial charge in [0.15, 0.2) is 0 Å². The minimum absolute atomic E-state index is 0.200. The van der Waals surface area contributed by atoms with Gasteiger partial charge in [0.05, 0.1) is 0 Å². The predicted octanol–water partition coefficient (Wildman–Crippen LogP) is 2.95. The highest BCUT2D eigenvalue weighted by Crippen LogP contribution is 2.30. The van der Waals surface area contributed by atoms with Crippen molar-refractivity contribution < 1.29 is 0 Å². The molecule has 0 bridgehead atoms. The molecule has 1 aliphatic heterocycles. The molecule has 0 aliphatic carbocycles. The monoisotopic (exact) mass is 283 g/mol. The quantitative estimate of drug-likeness (QED) is 0.660. The summed E-state index contributed by atoms with van der Waals surface area (Å²) in [5, 5.41) is 0. The summed E-state index contributed by atoms with van der Waals surface area (Å²) >= 11 is 0. The maximum absolute atomic E-state index is 6.14. The molecule has 1 aliphatic rings. The second-order valence-electron chi connectivity index (χ2n) is 7.28. The van der Waals surface area contributed by atoms with Crippen LogP contribution >= 0.6 is 0 Å². The van der Waals surface area contributed by atoms with Gasteiger partial charge in [0.2, 0.25) is 0 Å². The number of rotatable bonds is 9. The maximum atomic E-state index is 6.14. The number of nitrogens with two attached hydrogens (primary N) is 1.